The average Bonchev–Trinajstić information content (AvgIpc) is 3.17. The molecule has 27 heavy (non-hydrogen) atoms. The Hall–Kier alpha value is -2.08. The lowest BCUT2D eigenvalue weighted by molar-refractivity contribution is -0.120. The number of allylic oxidation sites excluding steroid dienone is 1. The van der Waals surface area contributed by atoms with Crippen molar-refractivity contribution in [1.29, 1.82) is 0 Å². The van der Waals surface area contributed by atoms with Gasteiger partial charge in [0.1, 0.15) is 0 Å². The SMILES string of the molecule is CCc1ccc(-c2nc(SC(C)C(=O)NCCC3=CCCCC3)n[nH]2)cc1. The van der Waals surface area contributed by atoms with Crippen molar-refractivity contribution in [3.63, 3.8) is 0 Å². The van der Waals surface area contributed by atoms with Crippen molar-refractivity contribution in [2.75, 3.05) is 6.54 Å². The first-order valence-corrected chi connectivity index (χ1v) is 10.7. The summed E-state index contributed by atoms with van der Waals surface area (Å²) in [6.45, 7) is 4.74. The van der Waals surface area contributed by atoms with Crippen LogP contribution in [-0.2, 0) is 11.2 Å². The molecule has 1 aliphatic rings. The van der Waals surface area contributed by atoms with E-state index in [1.54, 1.807) is 0 Å². The van der Waals surface area contributed by atoms with E-state index in [9.17, 15) is 4.79 Å². The summed E-state index contributed by atoms with van der Waals surface area (Å²) in [5, 5.41) is 10.6. The van der Waals surface area contributed by atoms with Crippen molar-refractivity contribution in [3.8, 4) is 11.4 Å². The first-order chi connectivity index (χ1) is 13.2. The number of amides is 1. The van der Waals surface area contributed by atoms with Crippen LogP contribution in [-0.4, -0.2) is 32.9 Å². The number of carbonyl (C=O) groups excluding carboxylic acids is 1. The molecule has 0 bridgehead atoms. The van der Waals surface area contributed by atoms with Crippen LogP contribution in [0, 0.1) is 0 Å². The third kappa shape index (κ3) is 5.70. The number of aromatic amines is 1. The van der Waals surface area contributed by atoms with Gasteiger partial charge in [0.2, 0.25) is 11.1 Å². The van der Waals surface area contributed by atoms with Gasteiger partial charge in [0.05, 0.1) is 5.25 Å². The summed E-state index contributed by atoms with van der Waals surface area (Å²) >= 11 is 1.38. The topological polar surface area (TPSA) is 70.7 Å². The lowest BCUT2D eigenvalue weighted by atomic mass is 9.97. The molecule has 2 aromatic rings. The van der Waals surface area contributed by atoms with Crippen molar-refractivity contribution in [2.24, 2.45) is 0 Å². The Kier molecular flexibility index (Phi) is 7.10. The second-order valence-corrected chi connectivity index (χ2v) is 8.23. The second-order valence-electron chi connectivity index (χ2n) is 6.93. The van der Waals surface area contributed by atoms with Crippen LogP contribution >= 0.6 is 11.8 Å². The normalized spacial score (nSPS) is 15.3. The molecule has 0 saturated heterocycles. The minimum atomic E-state index is -0.226. The molecular formula is C21H28N4OS. The van der Waals surface area contributed by atoms with Crippen molar-refractivity contribution in [2.45, 2.75) is 62.8 Å². The van der Waals surface area contributed by atoms with Gasteiger partial charge in [0.15, 0.2) is 5.82 Å². The number of aromatic nitrogens is 3. The number of aryl methyl sites for hydroxylation is 1. The Morgan fingerprint density at radius 1 is 1.30 bits per heavy atom. The highest BCUT2D eigenvalue weighted by Gasteiger charge is 2.17. The molecular weight excluding hydrogens is 356 g/mol. The molecule has 0 aliphatic heterocycles. The summed E-state index contributed by atoms with van der Waals surface area (Å²) < 4.78 is 0. The molecule has 1 amide bonds. The van der Waals surface area contributed by atoms with Crippen LogP contribution in [0.4, 0.5) is 0 Å². The summed E-state index contributed by atoms with van der Waals surface area (Å²) in [4.78, 5) is 16.8. The molecule has 0 fully saturated rings. The molecule has 5 nitrogen and oxygen atoms in total. The molecule has 1 unspecified atom stereocenters. The molecule has 6 heteroatoms. The van der Waals surface area contributed by atoms with E-state index in [0.717, 1.165) is 24.2 Å². The van der Waals surface area contributed by atoms with E-state index in [0.29, 0.717) is 11.7 Å². The highest BCUT2D eigenvalue weighted by atomic mass is 32.2. The number of rotatable bonds is 8. The fraction of sp³-hybridized carbons (Fsp3) is 0.476. The van der Waals surface area contributed by atoms with Gasteiger partial charge >= 0.3 is 0 Å². The summed E-state index contributed by atoms with van der Waals surface area (Å²) in [6.07, 6.45) is 9.24. The van der Waals surface area contributed by atoms with Gasteiger partial charge in [0, 0.05) is 12.1 Å². The van der Waals surface area contributed by atoms with Crippen LogP contribution < -0.4 is 5.32 Å². The van der Waals surface area contributed by atoms with Crippen molar-refractivity contribution in [1.82, 2.24) is 20.5 Å². The minimum absolute atomic E-state index is 0.0371. The van der Waals surface area contributed by atoms with Gasteiger partial charge < -0.3 is 5.32 Å². The highest BCUT2D eigenvalue weighted by Crippen LogP contribution is 2.23. The predicted octanol–water partition coefficient (Wildman–Crippen LogP) is 4.52. The molecule has 0 radical (unpaired) electrons. The van der Waals surface area contributed by atoms with Gasteiger partial charge in [-0.1, -0.05) is 54.6 Å². The largest absolute Gasteiger partial charge is 0.355 e. The second kappa shape index (κ2) is 9.74. The first-order valence-electron chi connectivity index (χ1n) is 9.79. The van der Waals surface area contributed by atoms with Crippen molar-refractivity contribution >= 4 is 17.7 Å². The first kappa shape index (κ1) is 19.7. The fourth-order valence-electron chi connectivity index (χ4n) is 3.16. The van der Waals surface area contributed by atoms with E-state index in [1.807, 2.05) is 19.1 Å². The molecule has 0 saturated carbocycles. The number of benzene rings is 1. The average molecular weight is 385 g/mol. The molecule has 0 spiro atoms. The molecule has 2 N–H and O–H groups in total. The van der Waals surface area contributed by atoms with E-state index < -0.39 is 0 Å². The van der Waals surface area contributed by atoms with Crippen LogP contribution in [0.1, 0.15) is 51.5 Å². The standard InChI is InChI=1S/C21H28N4OS/c1-3-16-9-11-18(12-10-16)19-23-21(25-24-19)27-15(2)20(26)22-14-13-17-7-5-4-6-8-17/h7,9-12,15H,3-6,8,13-14H2,1-2H3,(H,22,26)(H,23,24,25). The Morgan fingerprint density at radius 2 is 2.11 bits per heavy atom. The number of H-pyrrole nitrogens is 1. The number of thioether (sulfide) groups is 1. The van der Waals surface area contributed by atoms with E-state index in [-0.39, 0.29) is 11.2 Å². The zero-order valence-corrected chi connectivity index (χ0v) is 16.9. The Labute approximate surface area is 165 Å². The summed E-state index contributed by atoms with van der Waals surface area (Å²) in [7, 11) is 0. The van der Waals surface area contributed by atoms with Gasteiger partial charge in [-0.25, -0.2) is 4.98 Å². The van der Waals surface area contributed by atoms with Gasteiger partial charge in [-0.2, -0.15) is 0 Å². The van der Waals surface area contributed by atoms with E-state index in [1.165, 1.54) is 48.6 Å². The van der Waals surface area contributed by atoms with Crippen LogP contribution in [0.3, 0.4) is 0 Å². The van der Waals surface area contributed by atoms with Crippen LogP contribution in [0.5, 0.6) is 0 Å². The zero-order valence-electron chi connectivity index (χ0n) is 16.1. The van der Waals surface area contributed by atoms with Gasteiger partial charge in [-0.05, 0) is 51.0 Å². The quantitative estimate of drug-likeness (QED) is 0.518. The summed E-state index contributed by atoms with van der Waals surface area (Å²) in [5.74, 6) is 0.770. The molecule has 144 valence electrons. The smallest absolute Gasteiger partial charge is 0.233 e. The lowest BCUT2D eigenvalue weighted by Crippen LogP contribution is -2.32. The maximum absolute atomic E-state index is 12.3. The van der Waals surface area contributed by atoms with Crippen molar-refractivity contribution < 1.29 is 4.79 Å². The number of nitrogens with one attached hydrogen (secondary N) is 2. The monoisotopic (exact) mass is 384 g/mol. The molecule has 1 aromatic carbocycles. The highest BCUT2D eigenvalue weighted by molar-refractivity contribution is 8.00. The molecule has 1 heterocycles. The summed E-state index contributed by atoms with van der Waals surface area (Å²) in [6, 6.07) is 8.29. The van der Waals surface area contributed by atoms with Crippen LogP contribution in [0.25, 0.3) is 11.4 Å². The number of hydrogen-bond acceptors (Lipinski definition) is 4. The van der Waals surface area contributed by atoms with E-state index >= 15 is 0 Å². The Balaban J connectivity index is 1.48. The van der Waals surface area contributed by atoms with Crippen LogP contribution in [0.2, 0.25) is 0 Å². The number of hydrogen-bond donors (Lipinski definition) is 2. The zero-order chi connectivity index (χ0) is 19.1. The molecule has 1 aliphatic carbocycles. The number of nitrogens with zero attached hydrogens (tertiary/aromatic N) is 2. The predicted molar refractivity (Wildman–Crippen MR) is 111 cm³/mol. The summed E-state index contributed by atoms with van der Waals surface area (Å²) in [5.41, 5.74) is 3.78. The van der Waals surface area contributed by atoms with Gasteiger partial charge in [-0.3, -0.25) is 9.89 Å². The van der Waals surface area contributed by atoms with Crippen LogP contribution in [0.15, 0.2) is 41.1 Å². The Bertz CT molecular complexity index is 782. The fourth-order valence-corrected chi connectivity index (χ4v) is 3.91. The molecule has 3 rings (SSSR count). The maximum atomic E-state index is 12.3. The van der Waals surface area contributed by atoms with Gasteiger partial charge in [-0.15, -0.1) is 5.10 Å². The maximum Gasteiger partial charge on any atom is 0.233 e. The van der Waals surface area contributed by atoms with Gasteiger partial charge in [0.25, 0.3) is 0 Å². The third-order valence-electron chi connectivity index (χ3n) is 4.88. The van der Waals surface area contributed by atoms with Crippen molar-refractivity contribution in [3.05, 3.63) is 41.5 Å². The minimum Gasteiger partial charge on any atom is -0.355 e. The molecule has 1 aromatic heterocycles. The Morgan fingerprint density at radius 3 is 2.81 bits per heavy atom. The number of carbonyl (C=O) groups is 1. The van der Waals surface area contributed by atoms with E-state index in [4.69, 9.17) is 0 Å². The van der Waals surface area contributed by atoms with E-state index in [2.05, 4.69) is 45.6 Å². The molecule has 1 atom stereocenters. The third-order valence-corrected chi connectivity index (χ3v) is 5.84. The lowest BCUT2D eigenvalue weighted by Gasteiger charge is -2.14.